The zero-order valence-electron chi connectivity index (χ0n) is 11.3. The third kappa shape index (κ3) is 3.91. The normalized spacial score (nSPS) is 18.3. The summed E-state index contributed by atoms with van der Waals surface area (Å²) in [5, 5.41) is 12.8. The minimum atomic E-state index is -3.11. The van der Waals surface area contributed by atoms with E-state index in [4.69, 9.17) is 0 Å². The molecule has 20 heavy (non-hydrogen) atoms. The van der Waals surface area contributed by atoms with Crippen LogP contribution in [0.2, 0.25) is 0 Å². The molecule has 0 aromatic heterocycles. The Kier molecular flexibility index (Phi) is 4.62. The van der Waals surface area contributed by atoms with Gasteiger partial charge in [0.15, 0.2) is 0 Å². The Morgan fingerprint density at radius 1 is 1.40 bits per heavy atom. The molecule has 0 saturated carbocycles. The number of halogens is 1. The number of benzene rings is 1. The van der Waals surface area contributed by atoms with Crippen LogP contribution < -0.4 is 5.32 Å². The highest BCUT2D eigenvalue weighted by Crippen LogP contribution is 2.19. The van der Waals surface area contributed by atoms with Gasteiger partial charge in [0, 0.05) is 31.2 Å². The maximum atomic E-state index is 13.1. The van der Waals surface area contributed by atoms with Crippen molar-refractivity contribution in [3.8, 4) is 5.75 Å². The van der Waals surface area contributed by atoms with Crippen molar-refractivity contribution < 1.29 is 17.9 Å². The standard InChI is InChI=1S/C13H19FN2O3S/c1-20(18,19)16-6-4-12(5-7-16)15-9-10-8-11(14)2-3-13(10)17/h2-3,8,12,15,17H,4-7,9H2,1H3. The van der Waals surface area contributed by atoms with Crippen molar-refractivity contribution in [1.29, 1.82) is 0 Å². The number of nitrogens with zero attached hydrogens (tertiary/aromatic N) is 1. The van der Waals surface area contributed by atoms with E-state index in [0.29, 0.717) is 38.0 Å². The second kappa shape index (κ2) is 6.07. The van der Waals surface area contributed by atoms with Gasteiger partial charge in [0.25, 0.3) is 0 Å². The highest BCUT2D eigenvalue weighted by atomic mass is 32.2. The fraction of sp³-hybridized carbons (Fsp3) is 0.538. The van der Waals surface area contributed by atoms with Crippen LogP contribution in [0.4, 0.5) is 4.39 Å². The number of rotatable bonds is 4. The molecular weight excluding hydrogens is 283 g/mol. The van der Waals surface area contributed by atoms with E-state index in [0.717, 1.165) is 0 Å². The maximum Gasteiger partial charge on any atom is 0.211 e. The predicted molar refractivity (Wildman–Crippen MR) is 74.3 cm³/mol. The monoisotopic (exact) mass is 302 g/mol. The van der Waals surface area contributed by atoms with E-state index in [1.165, 1.54) is 28.8 Å². The third-order valence-corrected chi connectivity index (χ3v) is 4.85. The molecule has 1 saturated heterocycles. The number of hydrogen-bond donors (Lipinski definition) is 2. The van der Waals surface area contributed by atoms with Crippen LogP contribution in [0.1, 0.15) is 18.4 Å². The lowest BCUT2D eigenvalue weighted by Gasteiger charge is -2.30. The molecule has 2 N–H and O–H groups in total. The fourth-order valence-electron chi connectivity index (χ4n) is 2.34. The number of phenols is 1. The summed E-state index contributed by atoms with van der Waals surface area (Å²) in [5.41, 5.74) is 0.510. The van der Waals surface area contributed by atoms with Crippen LogP contribution in [0.3, 0.4) is 0 Å². The molecule has 1 fully saturated rings. The molecule has 2 rings (SSSR count). The highest BCUT2D eigenvalue weighted by molar-refractivity contribution is 7.88. The first kappa shape index (κ1) is 15.2. The van der Waals surface area contributed by atoms with Crippen molar-refractivity contribution in [2.45, 2.75) is 25.4 Å². The number of aromatic hydroxyl groups is 1. The molecule has 0 atom stereocenters. The van der Waals surface area contributed by atoms with Gasteiger partial charge in [-0.2, -0.15) is 0 Å². The number of hydrogen-bond acceptors (Lipinski definition) is 4. The Labute approximate surface area is 118 Å². The Morgan fingerprint density at radius 2 is 2.05 bits per heavy atom. The summed E-state index contributed by atoms with van der Waals surface area (Å²) in [6, 6.07) is 4.02. The van der Waals surface area contributed by atoms with Crippen molar-refractivity contribution >= 4 is 10.0 Å². The predicted octanol–water partition coefficient (Wildman–Crippen LogP) is 1.04. The zero-order valence-corrected chi connectivity index (χ0v) is 12.2. The molecule has 0 bridgehead atoms. The Hall–Kier alpha value is -1.18. The van der Waals surface area contributed by atoms with Crippen LogP contribution in [-0.2, 0) is 16.6 Å². The van der Waals surface area contributed by atoms with Crippen molar-refractivity contribution in [3.05, 3.63) is 29.6 Å². The second-order valence-corrected chi connectivity index (χ2v) is 7.07. The maximum absolute atomic E-state index is 13.1. The fourth-order valence-corrected chi connectivity index (χ4v) is 3.22. The van der Waals surface area contributed by atoms with Gasteiger partial charge in [-0.15, -0.1) is 0 Å². The average molecular weight is 302 g/mol. The van der Waals surface area contributed by atoms with Gasteiger partial charge in [-0.05, 0) is 31.0 Å². The van der Waals surface area contributed by atoms with E-state index in [1.54, 1.807) is 0 Å². The summed E-state index contributed by atoms with van der Waals surface area (Å²) < 4.78 is 37.3. The van der Waals surface area contributed by atoms with E-state index in [-0.39, 0.29) is 17.6 Å². The molecule has 7 heteroatoms. The summed E-state index contributed by atoms with van der Waals surface area (Å²) >= 11 is 0. The van der Waals surface area contributed by atoms with Crippen LogP contribution in [0.15, 0.2) is 18.2 Å². The number of nitrogens with one attached hydrogen (secondary N) is 1. The van der Waals surface area contributed by atoms with E-state index in [1.807, 2.05) is 0 Å². The Bertz CT molecular complexity index is 569. The third-order valence-electron chi connectivity index (χ3n) is 3.55. The van der Waals surface area contributed by atoms with Gasteiger partial charge >= 0.3 is 0 Å². The van der Waals surface area contributed by atoms with E-state index >= 15 is 0 Å². The first-order chi connectivity index (χ1) is 9.36. The van der Waals surface area contributed by atoms with Gasteiger partial charge in [0.2, 0.25) is 10.0 Å². The lowest BCUT2D eigenvalue weighted by molar-refractivity contribution is 0.289. The van der Waals surface area contributed by atoms with E-state index in [2.05, 4.69) is 5.32 Å². The Morgan fingerprint density at radius 3 is 2.65 bits per heavy atom. The summed E-state index contributed by atoms with van der Waals surface area (Å²) in [6.07, 6.45) is 2.64. The van der Waals surface area contributed by atoms with Crippen LogP contribution in [0.5, 0.6) is 5.75 Å². The lowest BCUT2D eigenvalue weighted by Crippen LogP contribution is -2.44. The molecule has 112 valence electrons. The van der Waals surface area contributed by atoms with Gasteiger partial charge in [-0.25, -0.2) is 17.1 Å². The molecule has 1 aliphatic rings. The van der Waals surface area contributed by atoms with Gasteiger partial charge in [0.1, 0.15) is 11.6 Å². The quantitative estimate of drug-likeness (QED) is 0.872. The molecule has 1 aliphatic heterocycles. The first-order valence-corrected chi connectivity index (χ1v) is 8.37. The molecule has 1 aromatic rings. The molecular formula is C13H19FN2O3S. The van der Waals surface area contributed by atoms with Crippen LogP contribution in [0, 0.1) is 5.82 Å². The average Bonchev–Trinajstić information content (AvgIpc) is 2.39. The van der Waals surface area contributed by atoms with Crippen LogP contribution >= 0.6 is 0 Å². The molecule has 1 aromatic carbocycles. The van der Waals surface area contributed by atoms with Crippen LogP contribution in [-0.4, -0.2) is 43.2 Å². The zero-order chi connectivity index (χ0) is 14.8. The molecule has 0 spiro atoms. The van der Waals surface area contributed by atoms with Gasteiger partial charge in [-0.3, -0.25) is 0 Å². The number of piperidine rings is 1. The minimum Gasteiger partial charge on any atom is -0.508 e. The van der Waals surface area contributed by atoms with Crippen molar-refractivity contribution in [1.82, 2.24) is 9.62 Å². The molecule has 0 amide bonds. The van der Waals surface area contributed by atoms with E-state index in [9.17, 15) is 17.9 Å². The highest BCUT2D eigenvalue weighted by Gasteiger charge is 2.24. The summed E-state index contributed by atoms with van der Waals surface area (Å²) in [5.74, 6) is -0.320. The van der Waals surface area contributed by atoms with Crippen molar-refractivity contribution in [3.63, 3.8) is 0 Å². The number of sulfonamides is 1. The summed E-state index contributed by atoms with van der Waals surface area (Å²) in [7, 11) is -3.11. The largest absolute Gasteiger partial charge is 0.508 e. The lowest BCUT2D eigenvalue weighted by atomic mass is 10.1. The SMILES string of the molecule is CS(=O)(=O)N1CCC(NCc2cc(F)ccc2O)CC1. The molecule has 0 aliphatic carbocycles. The molecule has 0 radical (unpaired) electrons. The summed E-state index contributed by atoms with van der Waals surface area (Å²) in [4.78, 5) is 0. The first-order valence-electron chi connectivity index (χ1n) is 6.52. The molecule has 0 unspecified atom stereocenters. The van der Waals surface area contributed by atoms with Gasteiger partial charge in [0.05, 0.1) is 6.26 Å². The molecule has 1 heterocycles. The van der Waals surface area contributed by atoms with Crippen LogP contribution in [0.25, 0.3) is 0 Å². The van der Waals surface area contributed by atoms with Crippen molar-refractivity contribution in [2.24, 2.45) is 0 Å². The van der Waals surface area contributed by atoms with Gasteiger partial charge < -0.3 is 10.4 Å². The van der Waals surface area contributed by atoms with Crippen molar-refractivity contribution in [2.75, 3.05) is 19.3 Å². The summed E-state index contributed by atoms with van der Waals surface area (Å²) in [6.45, 7) is 1.35. The molecule has 5 nitrogen and oxygen atoms in total. The number of phenolic OH excluding ortho intramolecular Hbond substituents is 1. The second-order valence-electron chi connectivity index (χ2n) is 5.09. The smallest absolute Gasteiger partial charge is 0.211 e. The minimum absolute atomic E-state index is 0.0625. The van der Waals surface area contributed by atoms with Gasteiger partial charge in [-0.1, -0.05) is 0 Å². The Balaban J connectivity index is 1.86. The topological polar surface area (TPSA) is 69.6 Å². The van der Waals surface area contributed by atoms with E-state index < -0.39 is 10.0 Å².